The van der Waals surface area contributed by atoms with E-state index in [1.165, 1.54) is 0 Å². The normalized spacial score (nSPS) is 17.6. The largest absolute Gasteiger partial charge is 0.573 e. The minimum absolute atomic E-state index is 0.0292. The molecule has 0 radical (unpaired) electrons. The Morgan fingerprint density at radius 1 is 1.14 bits per heavy atom. The van der Waals surface area contributed by atoms with Gasteiger partial charge < -0.3 is 9.47 Å². The van der Waals surface area contributed by atoms with Gasteiger partial charge in [-0.3, -0.25) is 4.90 Å². The van der Waals surface area contributed by atoms with Crippen molar-refractivity contribution in [2.75, 3.05) is 32.8 Å². The van der Waals surface area contributed by atoms with Crippen LogP contribution in [0.25, 0.3) is 0 Å². The molecule has 1 saturated heterocycles. The maximum absolute atomic E-state index is 12.6. The number of alkyl halides is 3. The average Bonchev–Trinajstić information content (AvgIpc) is 2.65. The summed E-state index contributed by atoms with van der Waals surface area (Å²) in [4.78, 5) is 2.14. The third kappa shape index (κ3) is 6.61. The van der Waals surface area contributed by atoms with Gasteiger partial charge in [0, 0.05) is 25.7 Å². The molecule has 10 heteroatoms. The Bertz CT molecular complexity index is 701. The fraction of sp³-hybridized carbons (Fsp3) is 0.667. The summed E-state index contributed by atoms with van der Waals surface area (Å²) in [6.45, 7) is 7.10. The van der Waals surface area contributed by atoms with Crippen molar-refractivity contribution in [3.8, 4) is 5.75 Å². The van der Waals surface area contributed by atoms with Gasteiger partial charge in [-0.2, -0.15) is 0 Å². The van der Waals surface area contributed by atoms with Gasteiger partial charge in [0.25, 0.3) is 0 Å². The number of morpholine rings is 1. The molecule has 1 aromatic carbocycles. The smallest absolute Gasteiger partial charge is 0.406 e. The number of hydrogen-bond acceptors (Lipinski definition) is 5. The number of nitrogens with one attached hydrogen (secondary N) is 1. The molecule has 0 saturated carbocycles. The highest BCUT2D eigenvalue weighted by atomic mass is 32.2. The van der Waals surface area contributed by atoms with Crippen molar-refractivity contribution in [1.29, 1.82) is 0 Å². The average molecular weight is 424 g/mol. The fourth-order valence-electron chi connectivity index (χ4n) is 3.43. The van der Waals surface area contributed by atoms with Crippen LogP contribution in [-0.4, -0.2) is 58.6 Å². The molecule has 0 aliphatic carbocycles. The Morgan fingerprint density at radius 2 is 1.71 bits per heavy atom. The molecule has 1 aromatic rings. The summed E-state index contributed by atoms with van der Waals surface area (Å²) in [7, 11) is -3.85. The summed E-state index contributed by atoms with van der Waals surface area (Å²) in [5, 5.41) is 0. The molecule has 1 heterocycles. The number of nitrogens with zero attached hydrogens (tertiary/aromatic N) is 1. The van der Waals surface area contributed by atoms with Gasteiger partial charge >= 0.3 is 6.36 Å². The lowest BCUT2D eigenvalue weighted by molar-refractivity contribution is -0.274. The lowest BCUT2D eigenvalue weighted by Gasteiger charge is -2.38. The first kappa shape index (κ1) is 22.9. The van der Waals surface area contributed by atoms with Crippen molar-refractivity contribution in [1.82, 2.24) is 9.62 Å². The van der Waals surface area contributed by atoms with Gasteiger partial charge in [0.1, 0.15) is 5.75 Å². The van der Waals surface area contributed by atoms with E-state index in [4.69, 9.17) is 4.74 Å². The molecule has 0 aromatic heterocycles. The van der Waals surface area contributed by atoms with Gasteiger partial charge in [-0.25, -0.2) is 13.1 Å². The highest BCUT2D eigenvalue weighted by Crippen LogP contribution is 2.24. The van der Waals surface area contributed by atoms with E-state index in [2.05, 4.69) is 28.2 Å². The molecular weight excluding hydrogens is 397 g/mol. The molecule has 0 unspecified atom stereocenters. The van der Waals surface area contributed by atoms with Crippen LogP contribution in [-0.2, 0) is 14.8 Å². The van der Waals surface area contributed by atoms with Crippen LogP contribution in [0, 0.1) is 5.92 Å². The molecule has 28 heavy (non-hydrogen) atoms. The zero-order valence-electron chi connectivity index (χ0n) is 16.0. The second-order valence-electron chi connectivity index (χ2n) is 6.66. The maximum atomic E-state index is 12.6. The maximum Gasteiger partial charge on any atom is 0.573 e. The van der Waals surface area contributed by atoms with Crippen LogP contribution in [0.15, 0.2) is 29.2 Å². The zero-order valence-corrected chi connectivity index (χ0v) is 16.9. The summed E-state index contributed by atoms with van der Waals surface area (Å²) in [6, 6.07) is 4.21. The SMILES string of the molecule is CCC(CC)[C@H](CNS(=O)(=O)c1ccc(OC(F)(F)F)cc1)N1CCOCC1. The zero-order chi connectivity index (χ0) is 20.8. The van der Waals surface area contributed by atoms with E-state index in [-0.39, 0.29) is 17.5 Å². The minimum atomic E-state index is -4.82. The van der Waals surface area contributed by atoms with E-state index in [9.17, 15) is 21.6 Å². The Labute approximate surface area is 164 Å². The van der Waals surface area contributed by atoms with Crippen LogP contribution in [0.2, 0.25) is 0 Å². The monoisotopic (exact) mass is 424 g/mol. The number of ether oxygens (including phenoxy) is 2. The number of rotatable bonds is 9. The number of halogens is 3. The molecule has 0 spiro atoms. The van der Waals surface area contributed by atoms with Crippen molar-refractivity contribution >= 4 is 10.0 Å². The third-order valence-electron chi connectivity index (χ3n) is 4.96. The predicted molar refractivity (Wildman–Crippen MR) is 98.6 cm³/mol. The van der Waals surface area contributed by atoms with Crippen LogP contribution in [0.5, 0.6) is 5.75 Å². The molecule has 1 atom stereocenters. The molecule has 0 amide bonds. The Kier molecular flexibility index (Phi) is 8.11. The van der Waals surface area contributed by atoms with Gasteiger partial charge in [0.2, 0.25) is 10.0 Å². The number of hydrogen-bond donors (Lipinski definition) is 1. The van der Waals surface area contributed by atoms with Crippen LogP contribution in [0.3, 0.4) is 0 Å². The van der Waals surface area contributed by atoms with Crippen molar-refractivity contribution in [2.24, 2.45) is 5.92 Å². The molecule has 0 bridgehead atoms. The van der Waals surface area contributed by atoms with E-state index < -0.39 is 22.1 Å². The fourth-order valence-corrected chi connectivity index (χ4v) is 4.49. The molecule has 1 fully saturated rings. The topological polar surface area (TPSA) is 67.9 Å². The molecule has 1 aliphatic rings. The van der Waals surface area contributed by atoms with Gasteiger partial charge in [-0.1, -0.05) is 26.7 Å². The predicted octanol–water partition coefficient (Wildman–Crippen LogP) is 3.00. The highest BCUT2D eigenvalue weighted by molar-refractivity contribution is 7.89. The molecule has 1 aliphatic heterocycles. The van der Waals surface area contributed by atoms with Gasteiger partial charge in [-0.15, -0.1) is 13.2 Å². The second kappa shape index (κ2) is 9.91. The van der Waals surface area contributed by atoms with Crippen molar-refractivity contribution in [3.63, 3.8) is 0 Å². The van der Waals surface area contributed by atoms with E-state index >= 15 is 0 Å². The molecule has 160 valence electrons. The summed E-state index contributed by atoms with van der Waals surface area (Å²) in [6.07, 6.45) is -2.98. The quantitative estimate of drug-likeness (QED) is 0.660. The number of sulfonamides is 1. The van der Waals surface area contributed by atoms with E-state index in [0.717, 1.165) is 50.2 Å². The molecular formula is C18H27F3N2O4S. The lowest BCUT2D eigenvalue weighted by Crippen LogP contribution is -2.52. The second-order valence-corrected chi connectivity index (χ2v) is 8.43. The first-order valence-corrected chi connectivity index (χ1v) is 10.8. The van der Waals surface area contributed by atoms with E-state index in [1.54, 1.807) is 0 Å². The van der Waals surface area contributed by atoms with Gasteiger partial charge in [-0.05, 0) is 30.2 Å². The van der Waals surface area contributed by atoms with Crippen LogP contribution in [0.1, 0.15) is 26.7 Å². The first-order valence-electron chi connectivity index (χ1n) is 9.33. The third-order valence-corrected chi connectivity index (χ3v) is 6.40. The van der Waals surface area contributed by atoms with Gasteiger partial charge in [0.15, 0.2) is 0 Å². The van der Waals surface area contributed by atoms with Crippen LogP contribution >= 0.6 is 0 Å². The Balaban J connectivity index is 2.08. The van der Waals surface area contributed by atoms with Crippen LogP contribution < -0.4 is 9.46 Å². The Hall–Kier alpha value is -1.36. The van der Waals surface area contributed by atoms with E-state index in [1.807, 2.05) is 0 Å². The Morgan fingerprint density at radius 3 is 2.21 bits per heavy atom. The van der Waals surface area contributed by atoms with Crippen LogP contribution in [0.4, 0.5) is 13.2 Å². The highest BCUT2D eigenvalue weighted by Gasteiger charge is 2.31. The molecule has 1 N–H and O–H groups in total. The first-order chi connectivity index (χ1) is 13.2. The summed E-state index contributed by atoms with van der Waals surface area (Å²) < 4.78 is 73.7. The summed E-state index contributed by atoms with van der Waals surface area (Å²) in [5.41, 5.74) is 0. The standard InChI is InChI=1S/C18H27F3N2O4S/c1-3-14(4-2)17(23-9-11-26-12-10-23)13-22-28(24,25)16-7-5-15(6-8-16)27-18(19,20)21/h5-8,14,17,22H,3-4,9-13H2,1-2H3/t17-/m0/s1. The summed E-state index contributed by atoms with van der Waals surface area (Å²) >= 11 is 0. The lowest BCUT2D eigenvalue weighted by atomic mass is 9.92. The summed E-state index contributed by atoms with van der Waals surface area (Å²) in [5.74, 6) is -0.141. The van der Waals surface area contributed by atoms with Crippen molar-refractivity contribution in [2.45, 2.75) is 44.0 Å². The minimum Gasteiger partial charge on any atom is -0.406 e. The molecule has 6 nitrogen and oxygen atoms in total. The van der Waals surface area contributed by atoms with Crippen molar-refractivity contribution in [3.05, 3.63) is 24.3 Å². The van der Waals surface area contributed by atoms with Crippen molar-refractivity contribution < 1.29 is 31.1 Å². The molecule has 2 rings (SSSR count). The number of benzene rings is 1. The van der Waals surface area contributed by atoms with E-state index in [0.29, 0.717) is 19.1 Å². The van der Waals surface area contributed by atoms with Gasteiger partial charge in [0.05, 0.1) is 18.1 Å².